The molecular formula is C19H28O. The zero-order valence-corrected chi connectivity index (χ0v) is 13.2. The summed E-state index contributed by atoms with van der Waals surface area (Å²) < 4.78 is 5.17. The number of rotatable bonds is 2. The molecule has 1 nitrogen and oxygen atoms in total. The van der Waals surface area contributed by atoms with Crippen LogP contribution in [0.25, 0.3) is 6.08 Å². The van der Waals surface area contributed by atoms with Gasteiger partial charge in [0.05, 0.1) is 12.5 Å². The first-order valence-electron chi connectivity index (χ1n) is 8.23. The van der Waals surface area contributed by atoms with Crippen molar-refractivity contribution >= 4 is 6.08 Å². The first kappa shape index (κ1) is 14.0. The highest BCUT2D eigenvalue weighted by Crippen LogP contribution is 2.60. The van der Waals surface area contributed by atoms with Crippen LogP contribution in [0.1, 0.15) is 64.9 Å². The van der Waals surface area contributed by atoms with Crippen LogP contribution in [-0.2, 0) is 0 Å². The number of hydrogen-bond donors (Lipinski definition) is 0. The van der Waals surface area contributed by atoms with Gasteiger partial charge in [0.15, 0.2) is 0 Å². The number of furan rings is 1. The van der Waals surface area contributed by atoms with Crippen molar-refractivity contribution in [1.29, 1.82) is 0 Å². The Bertz CT molecular complexity index is 468. The van der Waals surface area contributed by atoms with E-state index in [0.717, 1.165) is 11.8 Å². The van der Waals surface area contributed by atoms with Gasteiger partial charge >= 0.3 is 0 Å². The van der Waals surface area contributed by atoms with Crippen molar-refractivity contribution in [2.75, 3.05) is 0 Å². The molecule has 0 bridgehead atoms. The Balaban J connectivity index is 1.84. The lowest BCUT2D eigenvalue weighted by atomic mass is 9.48. The van der Waals surface area contributed by atoms with Crippen LogP contribution in [0.3, 0.4) is 0 Å². The average Bonchev–Trinajstić information content (AvgIpc) is 2.89. The molecule has 0 saturated heterocycles. The summed E-state index contributed by atoms with van der Waals surface area (Å²) in [6.07, 6.45) is 16.7. The van der Waals surface area contributed by atoms with Crippen molar-refractivity contribution in [3.8, 4) is 0 Å². The van der Waals surface area contributed by atoms with Crippen molar-refractivity contribution in [2.45, 2.75) is 59.3 Å². The van der Waals surface area contributed by atoms with E-state index < -0.39 is 0 Å². The number of hydrogen-bond acceptors (Lipinski definition) is 1. The third-order valence-electron chi connectivity index (χ3n) is 6.20. The van der Waals surface area contributed by atoms with Crippen LogP contribution in [0.5, 0.6) is 0 Å². The minimum atomic E-state index is 0.500. The van der Waals surface area contributed by atoms with Gasteiger partial charge in [-0.15, -0.1) is 0 Å². The van der Waals surface area contributed by atoms with E-state index in [-0.39, 0.29) is 0 Å². The molecule has 0 aliphatic heterocycles. The Morgan fingerprint density at radius 1 is 1.15 bits per heavy atom. The van der Waals surface area contributed by atoms with E-state index in [1.54, 1.807) is 6.26 Å². The van der Waals surface area contributed by atoms with Gasteiger partial charge in [-0.2, -0.15) is 0 Å². The van der Waals surface area contributed by atoms with Crippen LogP contribution in [0.4, 0.5) is 0 Å². The second-order valence-electron chi connectivity index (χ2n) is 7.85. The maximum Gasteiger partial charge on any atom is 0.0974 e. The molecule has 3 atom stereocenters. The van der Waals surface area contributed by atoms with Crippen molar-refractivity contribution in [2.24, 2.45) is 22.7 Å². The summed E-state index contributed by atoms with van der Waals surface area (Å²) in [5.41, 5.74) is 2.22. The van der Waals surface area contributed by atoms with Crippen molar-refractivity contribution in [3.63, 3.8) is 0 Å². The summed E-state index contributed by atoms with van der Waals surface area (Å²) in [5.74, 6) is 1.62. The lowest BCUT2D eigenvalue weighted by molar-refractivity contribution is -0.0574. The third kappa shape index (κ3) is 2.36. The summed E-state index contributed by atoms with van der Waals surface area (Å²) in [4.78, 5) is 0. The lowest BCUT2D eigenvalue weighted by Gasteiger charge is -2.56. The van der Waals surface area contributed by atoms with Crippen molar-refractivity contribution in [1.82, 2.24) is 0 Å². The Morgan fingerprint density at radius 3 is 2.75 bits per heavy atom. The van der Waals surface area contributed by atoms with Gasteiger partial charge in [0.2, 0.25) is 0 Å². The smallest absolute Gasteiger partial charge is 0.0974 e. The fraction of sp³-hybridized carbons (Fsp3) is 0.684. The molecule has 1 heteroatoms. The van der Waals surface area contributed by atoms with Crippen LogP contribution in [0.15, 0.2) is 29.1 Å². The molecule has 0 amide bonds. The molecule has 2 aliphatic carbocycles. The van der Waals surface area contributed by atoms with E-state index in [1.165, 1.54) is 44.1 Å². The molecule has 2 saturated carbocycles. The number of allylic oxidation sites excluding steroid dienone is 1. The normalized spacial score (nSPS) is 37.0. The molecule has 1 heterocycles. The minimum Gasteiger partial charge on any atom is -0.472 e. The van der Waals surface area contributed by atoms with Gasteiger partial charge in [0, 0.05) is 5.56 Å². The predicted molar refractivity (Wildman–Crippen MR) is 84.3 cm³/mol. The van der Waals surface area contributed by atoms with Gasteiger partial charge in [-0.3, -0.25) is 0 Å². The van der Waals surface area contributed by atoms with Gasteiger partial charge in [-0.1, -0.05) is 45.8 Å². The molecule has 0 aromatic carbocycles. The monoisotopic (exact) mass is 272 g/mol. The molecule has 2 fully saturated rings. The molecule has 1 aromatic heterocycles. The minimum absolute atomic E-state index is 0.500. The van der Waals surface area contributed by atoms with Crippen LogP contribution in [0.2, 0.25) is 0 Å². The molecule has 1 aromatic rings. The van der Waals surface area contributed by atoms with Crippen LogP contribution in [0, 0.1) is 22.7 Å². The first-order chi connectivity index (χ1) is 9.52. The average molecular weight is 272 g/mol. The maximum absolute atomic E-state index is 5.17. The third-order valence-corrected chi connectivity index (χ3v) is 6.20. The van der Waals surface area contributed by atoms with E-state index in [2.05, 4.69) is 32.9 Å². The molecule has 2 aliphatic rings. The Hall–Kier alpha value is -0.980. The van der Waals surface area contributed by atoms with Gasteiger partial charge in [0.1, 0.15) is 0 Å². The maximum atomic E-state index is 5.17. The van der Waals surface area contributed by atoms with E-state index in [0.29, 0.717) is 10.8 Å². The summed E-state index contributed by atoms with van der Waals surface area (Å²) in [6, 6.07) is 2.05. The van der Waals surface area contributed by atoms with Gasteiger partial charge in [0.25, 0.3) is 0 Å². The second kappa shape index (κ2) is 5.09. The molecule has 0 N–H and O–H groups in total. The fourth-order valence-corrected chi connectivity index (χ4v) is 5.12. The quantitative estimate of drug-likeness (QED) is 0.650. The summed E-state index contributed by atoms with van der Waals surface area (Å²) in [7, 11) is 0. The van der Waals surface area contributed by atoms with E-state index >= 15 is 0 Å². The summed E-state index contributed by atoms with van der Waals surface area (Å²) >= 11 is 0. The van der Waals surface area contributed by atoms with Crippen LogP contribution >= 0.6 is 0 Å². The fourth-order valence-electron chi connectivity index (χ4n) is 5.12. The van der Waals surface area contributed by atoms with Crippen LogP contribution < -0.4 is 0 Å². The molecule has 0 spiro atoms. The Kier molecular flexibility index (Phi) is 3.56. The Labute approximate surface area is 123 Å². The summed E-state index contributed by atoms with van der Waals surface area (Å²) in [6.45, 7) is 7.55. The largest absolute Gasteiger partial charge is 0.472 e. The highest BCUT2D eigenvalue weighted by molar-refractivity contribution is 5.47. The zero-order chi connectivity index (χ0) is 14.2. The topological polar surface area (TPSA) is 13.1 Å². The van der Waals surface area contributed by atoms with Gasteiger partial charge in [-0.25, -0.2) is 0 Å². The number of fused-ring (bicyclic) bond motifs is 1. The highest BCUT2D eigenvalue weighted by Gasteiger charge is 2.50. The predicted octanol–water partition coefficient (Wildman–Crippen LogP) is 5.93. The first-order valence-corrected chi connectivity index (χ1v) is 8.23. The second-order valence-corrected chi connectivity index (χ2v) is 7.85. The van der Waals surface area contributed by atoms with Gasteiger partial charge in [-0.05, 0) is 54.4 Å². The molecule has 0 unspecified atom stereocenters. The molecule has 3 rings (SSSR count). The molecular weight excluding hydrogens is 244 g/mol. The van der Waals surface area contributed by atoms with Crippen LogP contribution in [-0.4, -0.2) is 0 Å². The Morgan fingerprint density at radius 2 is 2.00 bits per heavy atom. The zero-order valence-electron chi connectivity index (χ0n) is 13.2. The van der Waals surface area contributed by atoms with E-state index in [9.17, 15) is 0 Å². The standard InChI is InChI=1S/C19H28O/c1-18(2)11-5-12-19(3)16(6-4-7-17(18)19)9-8-15-10-13-20-14-15/h8-10,13-14,16-17H,4-7,11-12H2,1-3H3/t16-,17+,19-/m1/s1. The molecule has 20 heavy (non-hydrogen) atoms. The SMILES string of the molecule is CC1(C)CCC[C@]2(C)[C@@H](C=Cc3ccoc3)CCC[C@@H]12. The van der Waals surface area contributed by atoms with Crippen molar-refractivity contribution < 1.29 is 4.42 Å². The van der Waals surface area contributed by atoms with E-state index in [4.69, 9.17) is 4.42 Å². The van der Waals surface area contributed by atoms with Gasteiger partial charge < -0.3 is 4.42 Å². The lowest BCUT2D eigenvalue weighted by Crippen LogP contribution is -2.48. The molecule has 110 valence electrons. The van der Waals surface area contributed by atoms with E-state index in [1.807, 2.05) is 12.3 Å². The molecule has 0 radical (unpaired) electrons. The summed E-state index contributed by atoms with van der Waals surface area (Å²) in [5, 5.41) is 0. The highest BCUT2D eigenvalue weighted by atomic mass is 16.3. The van der Waals surface area contributed by atoms with Crippen molar-refractivity contribution in [3.05, 3.63) is 30.2 Å².